The molecule has 2 aliphatic rings. The Kier molecular flexibility index (Phi) is 4.06. The van der Waals surface area contributed by atoms with Gasteiger partial charge in [-0.25, -0.2) is 0 Å². The maximum Gasteiger partial charge on any atom is 0.0499 e. The van der Waals surface area contributed by atoms with Crippen LogP contribution < -0.4 is 5.32 Å². The van der Waals surface area contributed by atoms with Crippen molar-refractivity contribution in [2.45, 2.75) is 72.8 Å². The van der Waals surface area contributed by atoms with Gasteiger partial charge in [-0.05, 0) is 48.9 Å². The second-order valence-corrected chi connectivity index (χ2v) is 8.09. The Labute approximate surface area is 119 Å². The van der Waals surface area contributed by atoms with Gasteiger partial charge in [0.15, 0.2) is 0 Å². The fourth-order valence-corrected chi connectivity index (χ4v) is 4.91. The molecule has 0 spiro atoms. The number of aliphatic hydroxyl groups is 1. The monoisotopic (exact) mass is 267 g/mol. The minimum Gasteiger partial charge on any atom is -0.396 e. The second-order valence-electron chi connectivity index (χ2n) is 8.09. The number of hydrogen-bond acceptors (Lipinski definition) is 2. The molecule has 112 valence electrons. The van der Waals surface area contributed by atoms with Gasteiger partial charge in [-0.2, -0.15) is 0 Å². The molecule has 2 bridgehead atoms. The summed E-state index contributed by atoms with van der Waals surface area (Å²) in [5.74, 6) is 0.891. The van der Waals surface area contributed by atoms with Crippen LogP contribution in [-0.2, 0) is 0 Å². The van der Waals surface area contributed by atoms with Crippen LogP contribution in [0.15, 0.2) is 0 Å². The van der Waals surface area contributed by atoms with E-state index in [4.69, 9.17) is 0 Å². The Morgan fingerprint density at radius 3 is 2.26 bits per heavy atom. The molecule has 0 radical (unpaired) electrons. The molecule has 0 aromatic carbocycles. The molecule has 0 saturated heterocycles. The van der Waals surface area contributed by atoms with Gasteiger partial charge in [0.25, 0.3) is 0 Å². The zero-order chi connectivity index (χ0) is 14.3. The normalized spacial score (nSPS) is 36.9. The molecule has 2 nitrogen and oxygen atoms in total. The molecular weight excluding hydrogens is 234 g/mol. The summed E-state index contributed by atoms with van der Waals surface area (Å²) in [6, 6.07) is 0.614. The second kappa shape index (κ2) is 5.04. The predicted molar refractivity (Wildman–Crippen MR) is 81.1 cm³/mol. The van der Waals surface area contributed by atoms with Gasteiger partial charge < -0.3 is 10.4 Å². The van der Waals surface area contributed by atoms with Gasteiger partial charge in [-0.1, -0.05) is 34.6 Å². The average molecular weight is 267 g/mol. The van der Waals surface area contributed by atoms with E-state index in [1.807, 2.05) is 0 Å². The smallest absolute Gasteiger partial charge is 0.0499 e. The van der Waals surface area contributed by atoms with Crippen LogP contribution in [0, 0.1) is 22.2 Å². The lowest BCUT2D eigenvalue weighted by molar-refractivity contribution is 0.0670. The van der Waals surface area contributed by atoms with E-state index in [9.17, 15) is 5.11 Å². The predicted octanol–water partition coefficient (Wildman–Crippen LogP) is 3.59. The summed E-state index contributed by atoms with van der Waals surface area (Å²) in [7, 11) is 0. The van der Waals surface area contributed by atoms with E-state index >= 15 is 0 Å². The first-order valence-corrected chi connectivity index (χ1v) is 8.18. The van der Waals surface area contributed by atoms with Crippen molar-refractivity contribution in [3.05, 3.63) is 0 Å². The first-order chi connectivity index (χ1) is 8.83. The third-order valence-electron chi connectivity index (χ3n) is 6.79. The Balaban J connectivity index is 2.07. The average Bonchev–Trinajstić information content (AvgIpc) is 2.86. The quantitative estimate of drug-likeness (QED) is 0.771. The van der Waals surface area contributed by atoms with Crippen LogP contribution in [0.2, 0.25) is 0 Å². The van der Waals surface area contributed by atoms with Crippen LogP contribution in [0.25, 0.3) is 0 Å². The maximum absolute atomic E-state index is 9.74. The van der Waals surface area contributed by atoms with Crippen molar-refractivity contribution in [1.82, 2.24) is 5.32 Å². The van der Waals surface area contributed by atoms with E-state index in [1.54, 1.807) is 0 Å². The highest BCUT2D eigenvalue weighted by Gasteiger charge is 2.59. The van der Waals surface area contributed by atoms with E-state index < -0.39 is 0 Å². The molecule has 0 aliphatic heterocycles. The van der Waals surface area contributed by atoms with Crippen LogP contribution >= 0.6 is 0 Å². The highest BCUT2D eigenvalue weighted by molar-refractivity contribution is 5.12. The highest BCUT2D eigenvalue weighted by atomic mass is 16.3. The number of aliphatic hydroxyl groups excluding tert-OH is 1. The van der Waals surface area contributed by atoms with Crippen molar-refractivity contribution in [1.29, 1.82) is 0 Å². The van der Waals surface area contributed by atoms with Crippen LogP contribution in [0.4, 0.5) is 0 Å². The summed E-state index contributed by atoms with van der Waals surface area (Å²) in [5, 5.41) is 13.6. The van der Waals surface area contributed by atoms with E-state index in [0.29, 0.717) is 23.5 Å². The molecule has 2 saturated carbocycles. The van der Waals surface area contributed by atoms with Crippen molar-refractivity contribution in [2.75, 3.05) is 13.2 Å². The van der Waals surface area contributed by atoms with Gasteiger partial charge >= 0.3 is 0 Å². The summed E-state index contributed by atoms with van der Waals surface area (Å²) >= 11 is 0. The summed E-state index contributed by atoms with van der Waals surface area (Å²) in [6.07, 6.45) is 6.29. The number of rotatable bonds is 6. The largest absolute Gasteiger partial charge is 0.396 e. The first-order valence-electron chi connectivity index (χ1n) is 8.18. The third-order valence-corrected chi connectivity index (χ3v) is 6.79. The van der Waals surface area contributed by atoms with Crippen molar-refractivity contribution in [2.24, 2.45) is 22.2 Å². The fraction of sp³-hybridized carbons (Fsp3) is 1.00. The number of hydrogen-bond donors (Lipinski definition) is 2. The molecule has 0 aromatic rings. The molecule has 3 atom stereocenters. The van der Waals surface area contributed by atoms with Gasteiger partial charge in [0.05, 0.1) is 0 Å². The summed E-state index contributed by atoms with van der Waals surface area (Å²) < 4.78 is 0. The Hall–Kier alpha value is -0.0800. The molecule has 2 rings (SSSR count). The van der Waals surface area contributed by atoms with Gasteiger partial charge in [0.1, 0.15) is 0 Å². The molecule has 2 N–H and O–H groups in total. The molecule has 2 heteroatoms. The highest BCUT2D eigenvalue weighted by Crippen LogP contribution is 2.62. The molecule has 2 aliphatic carbocycles. The van der Waals surface area contributed by atoms with E-state index in [2.05, 4.69) is 39.9 Å². The topological polar surface area (TPSA) is 32.3 Å². The standard InChI is InChI=1S/C17H33NO/c1-6-17(7-2,12-19)11-18-14-15(3,4)13-8-9-16(14,5)10-13/h13-14,18-19H,6-12H2,1-5H3/t13-,14?,16+/m0/s1. The summed E-state index contributed by atoms with van der Waals surface area (Å²) in [6.45, 7) is 13.0. The molecule has 0 heterocycles. The van der Waals surface area contributed by atoms with E-state index in [1.165, 1.54) is 19.3 Å². The molecule has 1 unspecified atom stereocenters. The SMILES string of the molecule is CCC(CC)(CO)CNC1C(C)(C)[C@H]2CC[C@]1(C)C2. The first kappa shape index (κ1) is 15.3. The summed E-state index contributed by atoms with van der Waals surface area (Å²) in [4.78, 5) is 0. The lowest BCUT2D eigenvalue weighted by atomic mass is 9.68. The Morgan fingerprint density at radius 2 is 1.84 bits per heavy atom. The van der Waals surface area contributed by atoms with Crippen molar-refractivity contribution >= 4 is 0 Å². The van der Waals surface area contributed by atoms with Gasteiger partial charge in [-0.3, -0.25) is 0 Å². The zero-order valence-corrected chi connectivity index (χ0v) is 13.6. The number of nitrogens with one attached hydrogen (secondary N) is 1. The Bertz CT molecular complexity index is 308. The van der Waals surface area contributed by atoms with Crippen LogP contribution in [0.5, 0.6) is 0 Å². The lowest BCUT2D eigenvalue weighted by Crippen LogP contribution is -2.53. The fourth-order valence-electron chi connectivity index (χ4n) is 4.91. The van der Waals surface area contributed by atoms with Crippen LogP contribution in [0.3, 0.4) is 0 Å². The molecule has 2 fully saturated rings. The molecule has 0 aromatic heterocycles. The van der Waals surface area contributed by atoms with Crippen LogP contribution in [-0.4, -0.2) is 24.3 Å². The molecule has 0 amide bonds. The third kappa shape index (κ3) is 2.35. The van der Waals surface area contributed by atoms with E-state index in [0.717, 1.165) is 25.3 Å². The Morgan fingerprint density at radius 1 is 1.21 bits per heavy atom. The van der Waals surface area contributed by atoms with Gasteiger partial charge in [0.2, 0.25) is 0 Å². The van der Waals surface area contributed by atoms with Crippen molar-refractivity contribution in [3.63, 3.8) is 0 Å². The van der Waals surface area contributed by atoms with Crippen LogP contribution in [0.1, 0.15) is 66.7 Å². The molecular formula is C17H33NO. The zero-order valence-electron chi connectivity index (χ0n) is 13.6. The molecule has 19 heavy (non-hydrogen) atoms. The van der Waals surface area contributed by atoms with E-state index in [-0.39, 0.29) is 5.41 Å². The minimum absolute atomic E-state index is 0.0777. The number of fused-ring (bicyclic) bond motifs is 2. The lowest BCUT2D eigenvalue weighted by Gasteiger charge is -2.45. The van der Waals surface area contributed by atoms with Gasteiger partial charge in [-0.15, -0.1) is 0 Å². The minimum atomic E-state index is 0.0777. The van der Waals surface area contributed by atoms with Crippen molar-refractivity contribution in [3.8, 4) is 0 Å². The van der Waals surface area contributed by atoms with Gasteiger partial charge in [0, 0.05) is 24.6 Å². The van der Waals surface area contributed by atoms with Crippen molar-refractivity contribution < 1.29 is 5.11 Å². The maximum atomic E-state index is 9.74. The summed E-state index contributed by atoms with van der Waals surface area (Å²) in [5.41, 5.74) is 0.973.